The van der Waals surface area contributed by atoms with Crippen molar-refractivity contribution < 1.29 is 9.59 Å². The maximum Gasteiger partial charge on any atom is 0.320 e. The van der Waals surface area contributed by atoms with Crippen LogP contribution in [0.4, 0.5) is 10.6 Å². The lowest BCUT2D eigenvalue weighted by molar-refractivity contribution is 0.0703. The number of hydrogen-bond acceptors (Lipinski definition) is 4. The molecule has 1 aliphatic heterocycles. The molecule has 26 heavy (non-hydrogen) atoms. The Morgan fingerprint density at radius 1 is 1.38 bits per heavy atom. The minimum absolute atomic E-state index is 0.0420. The van der Waals surface area contributed by atoms with E-state index in [1.165, 1.54) is 11.3 Å². The highest BCUT2D eigenvalue weighted by Gasteiger charge is 2.26. The first-order valence-electron chi connectivity index (χ1n) is 9.09. The summed E-state index contributed by atoms with van der Waals surface area (Å²) in [7, 11) is 0. The Morgan fingerprint density at radius 3 is 3.04 bits per heavy atom. The second-order valence-electron chi connectivity index (χ2n) is 6.46. The monoisotopic (exact) mass is 375 g/mol. The van der Waals surface area contributed by atoms with E-state index in [9.17, 15) is 9.59 Å². The van der Waals surface area contributed by atoms with Crippen LogP contribution in [0.15, 0.2) is 29.8 Å². The molecule has 0 unspecified atom stereocenters. The normalized spacial score (nSPS) is 17.1. The number of thiophene rings is 1. The Bertz CT molecular complexity index is 728. The number of likely N-dealkylation sites (tertiary alicyclic amines) is 1. The average Bonchev–Trinajstić information content (AvgIpc) is 3.31. The molecule has 7 nitrogen and oxygen atoms in total. The van der Waals surface area contributed by atoms with Crippen LogP contribution in [-0.2, 0) is 6.54 Å². The van der Waals surface area contributed by atoms with E-state index < -0.39 is 0 Å². The zero-order valence-corrected chi connectivity index (χ0v) is 15.8. The summed E-state index contributed by atoms with van der Waals surface area (Å²) in [5.41, 5.74) is 0. The van der Waals surface area contributed by atoms with Gasteiger partial charge in [0, 0.05) is 31.7 Å². The molecule has 0 saturated carbocycles. The molecule has 2 aromatic heterocycles. The van der Waals surface area contributed by atoms with E-state index in [0.29, 0.717) is 12.4 Å². The number of hydrogen-bond donors (Lipinski definition) is 2. The van der Waals surface area contributed by atoms with Crippen molar-refractivity contribution in [2.24, 2.45) is 0 Å². The van der Waals surface area contributed by atoms with Crippen LogP contribution in [0.25, 0.3) is 0 Å². The minimum atomic E-state index is -0.251. The summed E-state index contributed by atoms with van der Waals surface area (Å²) in [5.74, 6) is 0.739. The first kappa shape index (κ1) is 18.4. The highest BCUT2D eigenvalue weighted by Crippen LogP contribution is 2.17. The van der Waals surface area contributed by atoms with Crippen molar-refractivity contribution in [3.05, 3.63) is 34.7 Å². The number of amides is 3. The van der Waals surface area contributed by atoms with Crippen LogP contribution in [0.2, 0.25) is 0 Å². The maximum absolute atomic E-state index is 12.5. The van der Waals surface area contributed by atoms with Crippen molar-refractivity contribution in [3.8, 4) is 0 Å². The Balaban J connectivity index is 1.53. The molecule has 3 heterocycles. The molecule has 0 bridgehead atoms. The molecule has 0 aliphatic carbocycles. The van der Waals surface area contributed by atoms with Gasteiger partial charge in [-0.3, -0.25) is 10.1 Å². The van der Waals surface area contributed by atoms with Crippen LogP contribution < -0.4 is 10.6 Å². The number of unbranched alkanes of at least 4 members (excludes halogenated alkanes) is 1. The largest absolute Gasteiger partial charge is 0.336 e. The van der Waals surface area contributed by atoms with Gasteiger partial charge in [-0.1, -0.05) is 19.4 Å². The summed E-state index contributed by atoms with van der Waals surface area (Å²) in [6.45, 7) is 4.18. The number of nitrogens with one attached hydrogen (secondary N) is 2. The first-order chi connectivity index (χ1) is 12.7. The molecule has 0 spiro atoms. The third-order valence-corrected chi connectivity index (χ3v) is 5.32. The van der Waals surface area contributed by atoms with E-state index in [1.54, 1.807) is 16.9 Å². The fourth-order valence-electron chi connectivity index (χ4n) is 3.10. The number of rotatable bonds is 6. The number of urea groups is 1. The van der Waals surface area contributed by atoms with Crippen molar-refractivity contribution in [1.29, 1.82) is 0 Å². The van der Waals surface area contributed by atoms with E-state index in [2.05, 4.69) is 22.7 Å². The third kappa shape index (κ3) is 4.63. The van der Waals surface area contributed by atoms with Crippen LogP contribution in [-0.4, -0.2) is 45.8 Å². The van der Waals surface area contributed by atoms with Gasteiger partial charge in [-0.25, -0.2) is 9.48 Å². The van der Waals surface area contributed by atoms with Crippen molar-refractivity contribution in [2.45, 2.75) is 45.2 Å². The second kappa shape index (κ2) is 8.84. The molecule has 3 rings (SSSR count). The van der Waals surface area contributed by atoms with Crippen molar-refractivity contribution in [2.75, 3.05) is 18.4 Å². The molecule has 1 fully saturated rings. The van der Waals surface area contributed by atoms with Gasteiger partial charge in [0.25, 0.3) is 5.91 Å². The van der Waals surface area contributed by atoms with Crippen molar-refractivity contribution in [1.82, 2.24) is 20.0 Å². The fourth-order valence-corrected chi connectivity index (χ4v) is 3.79. The van der Waals surface area contributed by atoms with Crippen molar-refractivity contribution in [3.63, 3.8) is 0 Å². The zero-order chi connectivity index (χ0) is 18.4. The molecule has 1 aliphatic rings. The third-order valence-electron chi connectivity index (χ3n) is 4.46. The van der Waals surface area contributed by atoms with E-state index in [4.69, 9.17) is 0 Å². The Hall–Kier alpha value is -2.35. The topological polar surface area (TPSA) is 79.3 Å². The fraction of sp³-hybridized carbons (Fsp3) is 0.500. The van der Waals surface area contributed by atoms with E-state index in [0.717, 1.165) is 43.6 Å². The summed E-state index contributed by atoms with van der Waals surface area (Å²) < 4.78 is 1.80. The number of carbonyl (C=O) groups excluding carboxylic acids is 2. The quantitative estimate of drug-likeness (QED) is 0.814. The molecule has 3 amide bonds. The van der Waals surface area contributed by atoms with Crippen LogP contribution in [0.3, 0.4) is 0 Å². The molecular formula is C18H25N5O2S. The van der Waals surface area contributed by atoms with E-state index in [-0.39, 0.29) is 18.0 Å². The van der Waals surface area contributed by atoms with Gasteiger partial charge in [-0.15, -0.1) is 11.3 Å². The molecule has 2 N–H and O–H groups in total. The number of nitrogens with zero attached hydrogens (tertiary/aromatic N) is 3. The Labute approximate surface area is 157 Å². The smallest absolute Gasteiger partial charge is 0.320 e. The SMILES string of the molecule is CCCCn1nccc1NC(=O)N[C@H]1CCCN(C(=O)c2cccs2)C1. The summed E-state index contributed by atoms with van der Waals surface area (Å²) in [5, 5.41) is 12.0. The molecule has 140 valence electrons. The average molecular weight is 375 g/mol. The van der Waals surface area contributed by atoms with E-state index >= 15 is 0 Å². The zero-order valence-electron chi connectivity index (χ0n) is 15.0. The lowest BCUT2D eigenvalue weighted by Gasteiger charge is -2.33. The predicted octanol–water partition coefficient (Wildman–Crippen LogP) is 3.17. The van der Waals surface area contributed by atoms with Gasteiger partial charge in [0.15, 0.2) is 0 Å². The summed E-state index contributed by atoms with van der Waals surface area (Å²) in [6, 6.07) is 5.22. The number of anilines is 1. The molecular weight excluding hydrogens is 350 g/mol. The molecule has 1 saturated heterocycles. The molecule has 1 atom stereocenters. The van der Waals surface area contributed by atoms with Crippen molar-refractivity contribution >= 4 is 29.1 Å². The highest BCUT2D eigenvalue weighted by atomic mass is 32.1. The summed E-state index contributed by atoms with van der Waals surface area (Å²) >= 11 is 1.45. The molecule has 2 aromatic rings. The second-order valence-corrected chi connectivity index (χ2v) is 7.41. The molecule has 0 aromatic carbocycles. The standard InChI is InChI=1S/C18H25N5O2S/c1-2-3-11-23-16(8-9-19-23)21-18(25)20-14-6-4-10-22(13-14)17(24)15-7-5-12-26-15/h5,7-9,12,14H,2-4,6,10-11,13H2,1H3,(H2,20,21,25)/t14-/m0/s1. The number of aromatic nitrogens is 2. The van der Waals surface area contributed by atoms with Crippen LogP contribution in [0.5, 0.6) is 0 Å². The van der Waals surface area contributed by atoms with Gasteiger partial charge >= 0.3 is 6.03 Å². The van der Waals surface area contributed by atoms with E-state index in [1.807, 2.05) is 22.4 Å². The van der Waals surface area contributed by atoms with Gasteiger partial charge < -0.3 is 10.2 Å². The molecule has 0 radical (unpaired) electrons. The number of carbonyl (C=O) groups is 2. The maximum atomic E-state index is 12.5. The Morgan fingerprint density at radius 2 is 2.27 bits per heavy atom. The highest BCUT2D eigenvalue weighted by molar-refractivity contribution is 7.12. The van der Waals surface area contributed by atoms with Crippen LogP contribution in [0, 0.1) is 0 Å². The predicted molar refractivity (Wildman–Crippen MR) is 103 cm³/mol. The number of piperidine rings is 1. The summed E-state index contributed by atoms with van der Waals surface area (Å²) in [6.07, 6.45) is 5.53. The van der Waals surface area contributed by atoms with Gasteiger partial charge in [-0.05, 0) is 30.7 Å². The lowest BCUT2D eigenvalue weighted by atomic mass is 10.1. The van der Waals surface area contributed by atoms with Gasteiger partial charge in [0.05, 0.1) is 11.1 Å². The Kier molecular flexibility index (Phi) is 6.27. The van der Waals surface area contributed by atoms with Crippen LogP contribution >= 0.6 is 11.3 Å². The number of aryl methyl sites for hydroxylation is 1. The van der Waals surface area contributed by atoms with Gasteiger partial charge in [0.2, 0.25) is 0 Å². The lowest BCUT2D eigenvalue weighted by Crippen LogP contribution is -2.50. The summed E-state index contributed by atoms with van der Waals surface area (Å²) in [4.78, 5) is 27.4. The molecule has 8 heteroatoms. The minimum Gasteiger partial charge on any atom is -0.336 e. The van der Waals surface area contributed by atoms with Gasteiger partial charge in [0.1, 0.15) is 5.82 Å². The van der Waals surface area contributed by atoms with Crippen LogP contribution in [0.1, 0.15) is 42.3 Å². The first-order valence-corrected chi connectivity index (χ1v) is 9.97. The van der Waals surface area contributed by atoms with Gasteiger partial charge in [-0.2, -0.15) is 5.10 Å².